The van der Waals surface area contributed by atoms with E-state index in [0.29, 0.717) is 39.9 Å². The van der Waals surface area contributed by atoms with Crippen molar-refractivity contribution in [1.29, 1.82) is 5.26 Å². The minimum atomic E-state index is -0.380. The Bertz CT molecular complexity index is 2720. The average Bonchev–Trinajstić information content (AvgIpc) is 3.74. The zero-order valence-electron chi connectivity index (χ0n) is 35.8. The smallest absolute Gasteiger partial charge is 1.00 e. The predicted molar refractivity (Wildman–Crippen MR) is 219 cm³/mol. The molecule has 0 atom stereocenters. The van der Waals surface area contributed by atoms with Crippen molar-refractivity contribution in [2.45, 2.75) is 20.8 Å². The molecule has 64 heavy (non-hydrogen) atoms. The van der Waals surface area contributed by atoms with Crippen LogP contribution in [0.15, 0.2) is 133 Å². The van der Waals surface area contributed by atoms with Gasteiger partial charge in [-0.2, -0.15) is 25.5 Å². The number of benzene rings is 3. The molecule has 0 radical (unpaired) electrons. The fourth-order valence-corrected chi connectivity index (χ4v) is 4.31. The minimum absolute atomic E-state index is 0. The summed E-state index contributed by atoms with van der Waals surface area (Å²) in [6, 6.07) is 32.7. The molecule has 0 bridgehead atoms. The molecule has 0 aliphatic heterocycles. The second-order valence-corrected chi connectivity index (χ2v) is 11.7. The van der Waals surface area contributed by atoms with Gasteiger partial charge in [-0.15, -0.1) is 0 Å². The third kappa shape index (κ3) is 19.3. The molecule has 7 rings (SSSR count). The molecule has 0 unspecified atom stereocenters. The number of hydrogen-bond acceptors (Lipinski definition) is 17. The molecule has 0 saturated heterocycles. The van der Waals surface area contributed by atoms with Crippen molar-refractivity contribution >= 4 is 23.9 Å². The van der Waals surface area contributed by atoms with E-state index in [-0.39, 0.29) is 107 Å². The number of amidine groups is 1. The summed E-state index contributed by atoms with van der Waals surface area (Å²) in [6.07, 6.45) is 0. The SMILES string of the molecule is CC(=O)C(C)=O.Cc1nc(-c2ccc(-c3ccc(=O)[nH]n3)cc2)no1.N#Cc1ccc(-c2ccc(=O)[nH]n2)cc1.N/C(=N\O)c1ccc(-c2ccc(=O)[nH]n2)cc1.O.O=CO[O-].[H-].[Na+].[Na+]. The fourth-order valence-electron chi connectivity index (χ4n) is 4.31. The Labute approximate surface area is 407 Å². The largest absolute Gasteiger partial charge is 1.00 e. The number of hydrogen-bond donors (Lipinski definition) is 5. The molecular formula is C40H37N11Na2O11. The maximum absolute atomic E-state index is 10.9. The van der Waals surface area contributed by atoms with Gasteiger partial charge in [0.2, 0.25) is 11.7 Å². The number of nitrogens with zero attached hydrogens (tertiary/aromatic N) is 7. The van der Waals surface area contributed by atoms with Gasteiger partial charge in [-0.3, -0.25) is 28.8 Å². The number of Topliss-reactive ketones (excluding diaryl/α,β-unsaturated/α-hetero) is 2. The number of H-pyrrole nitrogens is 3. The number of aryl methyl sites for hydroxylation is 1. The summed E-state index contributed by atoms with van der Waals surface area (Å²) in [6.45, 7) is 4.07. The molecule has 4 heterocycles. The first-order chi connectivity index (χ1) is 29.3. The topological polar surface area (TPSA) is 374 Å². The van der Waals surface area contributed by atoms with Crippen molar-refractivity contribution in [2.24, 2.45) is 10.9 Å². The maximum atomic E-state index is 10.9. The maximum Gasteiger partial charge on any atom is 1.00 e. The fraction of sp³-hybridized carbons (Fsp3) is 0.0750. The summed E-state index contributed by atoms with van der Waals surface area (Å²) in [7, 11) is 0. The summed E-state index contributed by atoms with van der Waals surface area (Å²) in [4.78, 5) is 67.6. The van der Waals surface area contributed by atoms with E-state index < -0.39 is 0 Å². The first kappa shape index (κ1) is 56.9. The zero-order chi connectivity index (χ0) is 44.7. The van der Waals surface area contributed by atoms with Crippen LogP contribution < -0.4 is 86.8 Å². The van der Waals surface area contributed by atoms with Crippen molar-refractivity contribution in [2.75, 3.05) is 0 Å². The van der Waals surface area contributed by atoms with E-state index in [1.54, 1.807) is 73.7 Å². The van der Waals surface area contributed by atoms with E-state index in [4.69, 9.17) is 30.8 Å². The van der Waals surface area contributed by atoms with Gasteiger partial charge in [0.05, 0.1) is 28.7 Å². The number of carbonyl (C=O) groups excluding carboxylic acids is 3. The number of ketones is 2. The van der Waals surface area contributed by atoms with Gasteiger partial charge < -0.3 is 32.5 Å². The summed E-state index contributed by atoms with van der Waals surface area (Å²) in [5.41, 5.74) is 11.5. The predicted octanol–water partition coefficient (Wildman–Crippen LogP) is -4.47. The number of aromatic amines is 3. The zero-order valence-corrected chi connectivity index (χ0v) is 38.8. The Morgan fingerprint density at radius 1 is 0.734 bits per heavy atom. The van der Waals surface area contributed by atoms with E-state index in [1.165, 1.54) is 32.0 Å². The third-order valence-electron chi connectivity index (χ3n) is 7.43. The Morgan fingerprint density at radius 3 is 1.38 bits per heavy atom. The van der Waals surface area contributed by atoms with Gasteiger partial charge in [0.15, 0.2) is 17.4 Å². The van der Waals surface area contributed by atoms with Crippen LogP contribution in [0.25, 0.3) is 45.2 Å². The van der Waals surface area contributed by atoms with E-state index >= 15 is 0 Å². The Kier molecular flexibility index (Phi) is 26.7. The molecule has 8 N–H and O–H groups in total. The van der Waals surface area contributed by atoms with Crippen molar-refractivity contribution in [3.8, 4) is 51.2 Å². The molecule has 0 fully saturated rings. The molecule has 3 aromatic carbocycles. The Morgan fingerprint density at radius 2 is 1.09 bits per heavy atom. The monoisotopic (exact) mass is 893 g/mol. The molecule has 4 aromatic heterocycles. The minimum Gasteiger partial charge on any atom is -1.00 e. The van der Waals surface area contributed by atoms with Crippen LogP contribution in [0.4, 0.5) is 0 Å². The standard InChI is InChI=1S/C13H10N4O2.C11H10N4O2.C11H7N3O.C4H6O2.CH2O3.2Na.H2O.H/c1-8-14-13(17-19-8)10-4-2-9(3-5-10)11-6-7-12(18)16-15-11;12-11(15-17)8-3-1-7(2-4-8)9-5-6-10(16)14-13-9;12-7-8-1-3-9(4-2-8)10-5-6-11(15)14-13-10;1-3(5)4(2)6;2-1-4-3;;;;/h2-7H,1H3,(H,16,18);1-6,17H,(H2,12,15)(H,14,16);1-6H,(H,14,15);1-2H3;1,3H;;;1H2;/q;;;;;2*+1;;-1/p-1. The normalized spacial score (nSPS) is 9.45. The third-order valence-corrected chi connectivity index (χ3v) is 7.43. The molecule has 0 aliphatic rings. The summed E-state index contributed by atoms with van der Waals surface area (Å²) in [5, 5.41) is 51.2. The van der Waals surface area contributed by atoms with Crippen LogP contribution in [0.3, 0.4) is 0 Å². The molecule has 0 amide bonds. The van der Waals surface area contributed by atoms with Gasteiger partial charge in [-0.1, -0.05) is 71.0 Å². The molecule has 0 spiro atoms. The molecular weight excluding hydrogens is 856 g/mol. The summed E-state index contributed by atoms with van der Waals surface area (Å²) >= 11 is 0. The quantitative estimate of drug-likeness (QED) is 0.0147. The number of carbonyl (C=O) groups is 3. The van der Waals surface area contributed by atoms with Crippen molar-refractivity contribution < 1.29 is 100 Å². The molecule has 320 valence electrons. The van der Waals surface area contributed by atoms with E-state index in [9.17, 15) is 24.0 Å². The Hall–Kier alpha value is -7.07. The van der Waals surface area contributed by atoms with Crippen LogP contribution in [0.5, 0.6) is 0 Å². The van der Waals surface area contributed by atoms with Crippen LogP contribution in [-0.4, -0.2) is 75.3 Å². The van der Waals surface area contributed by atoms with Gasteiger partial charge in [-0.25, -0.2) is 15.3 Å². The molecule has 7 aromatic rings. The van der Waals surface area contributed by atoms with Gasteiger partial charge in [0, 0.05) is 66.8 Å². The first-order valence-corrected chi connectivity index (χ1v) is 17.2. The number of nitriles is 1. The average molecular weight is 894 g/mol. The second-order valence-electron chi connectivity index (χ2n) is 11.7. The van der Waals surface area contributed by atoms with Crippen LogP contribution in [-0.2, 0) is 19.3 Å². The summed E-state index contributed by atoms with van der Waals surface area (Å²) < 4.78 is 4.93. The number of nitrogens with one attached hydrogen (secondary N) is 3. The van der Waals surface area contributed by atoms with E-state index in [2.05, 4.69) is 50.8 Å². The number of aromatic nitrogens is 8. The van der Waals surface area contributed by atoms with Crippen LogP contribution in [0, 0.1) is 18.3 Å². The van der Waals surface area contributed by atoms with Crippen molar-refractivity contribution in [3.63, 3.8) is 0 Å². The van der Waals surface area contributed by atoms with Crippen LogP contribution >= 0.6 is 0 Å². The first-order valence-electron chi connectivity index (χ1n) is 17.2. The molecule has 0 saturated carbocycles. The molecule has 0 aliphatic carbocycles. The van der Waals surface area contributed by atoms with Gasteiger partial charge >= 0.3 is 59.1 Å². The molecule has 24 heteroatoms. The van der Waals surface area contributed by atoms with E-state index in [0.717, 1.165) is 22.3 Å². The number of oxime groups is 1. The van der Waals surface area contributed by atoms with Gasteiger partial charge in [-0.05, 0) is 30.3 Å². The number of rotatable bonds is 7. The Balaban J connectivity index is 0. The number of nitrogens with two attached hydrogens (primary N) is 1. The van der Waals surface area contributed by atoms with E-state index in [1.807, 2.05) is 30.3 Å². The van der Waals surface area contributed by atoms with Crippen LogP contribution in [0.1, 0.15) is 32.3 Å². The van der Waals surface area contributed by atoms with Crippen molar-refractivity contribution in [1.82, 2.24) is 40.7 Å². The summed E-state index contributed by atoms with van der Waals surface area (Å²) in [5.74, 6) is 0.371. The van der Waals surface area contributed by atoms with Crippen LogP contribution in [0.2, 0.25) is 0 Å². The molecule has 22 nitrogen and oxygen atoms in total. The van der Waals surface area contributed by atoms with Gasteiger partial charge in [0.25, 0.3) is 23.2 Å². The van der Waals surface area contributed by atoms with Gasteiger partial charge in [0.1, 0.15) is 0 Å². The van der Waals surface area contributed by atoms with Crippen molar-refractivity contribution in [3.05, 3.63) is 157 Å². The second kappa shape index (κ2) is 30.1.